The van der Waals surface area contributed by atoms with Crippen LogP contribution >= 0.6 is 15.9 Å². The molecular formula is C14H13BrN2O. The van der Waals surface area contributed by atoms with E-state index in [-0.39, 0.29) is 5.91 Å². The summed E-state index contributed by atoms with van der Waals surface area (Å²) in [4.78, 5) is 16.0. The maximum Gasteiger partial charge on any atom is 0.274 e. The van der Waals surface area contributed by atoms with Crippen molar-refractivity contribution in [1.82, 2.24) is 4.98 Å². The number of carbonyl (C=O) groups excluding carboxylic acids is 1. The van der Waals surface area contributed by atoms with E-state index in [2.05, 4.69) is 26.2 Å². The highest BCUT2D eigenvalue weighted by Crippen LogP contribution is 2.28. The number of halogens is 1. The van der Waals surface area contributed by atoms with E-state index in [0.717, 1.165) is 21.3 Å². The van der Waals surface area contributed by atoms with Gasteiger partial charge in [0.2, 0.25) is 0 Å². The molecule has 1 heterocycles. The van der Waals surface area contributed by atoms with Crippen LogP contribution in [-0.2, 0) is 0 Å². The monoisotopic (exact) mass is 304 g/mol. The largest absolute Gasteiger partial charge is 0.319 e. The van der Waals surface area contributed by atoms with Crippen LogP contribution in [0.3, 0.4) is 0 Å². The maximum atomic E-state index is 12.0. The SMILES string of the molecule is Cc1cc(C)c(NC(=O)c2ccccn2)c(Br)c1. The van der Waals surface area contributed by atoms with Crippen molar-refractivity contribution in [2.45, 2.75) is 13.8 Å². The second-order valence-corrected chi connectivity index (χ2v) is 4.96. The molecule has 1 amide bonds. The van der Waals surface area contributed by atoms with Crippen LogP contribution in [0.25, 0.3) is 0 Å². The summed E-state index contributed by atoms with van der Waals surface area (Å²) in [7, 11) is 0. The summed E-state index contributed by atoms with van der Waals surface area (Å²) in [5, 5.41) is 2.87. The van der Waals surface area contributed by atoms with Crippen LogP contribution < -0.4 is 5.32 Å². The lowest BCUT2D eigenvalue weighted by molar-refractivity contribution is 0.102. The molecule has 3 nitrogen and oxygen atoms in total. The van der Waals surface area contributed by atoms with Crippen molar-refractivity contribution in [2.24, 2.45) is 0 Å². The zero-order chi connectivity index (χ0) is 13.1. The van der Waals surface area contributed by atoms with Crippen LogP contribution in [0.4, 0.5) is 5.69 Å². The Balaban J connectivity index is 2.28. The van der Waals surface area contributed by atoms with Crippen LogP contribution in [0.5, 0.6) is 0 Å². The highest BCUT2D eigenvalue weighted by molar-refractivity contribution is 9.10. The number of pyridine rings is 1. The molecule has 2 aromatic rings. The van der Waals surface area contributed by atoms with Gasteiger partial charge in [0.25, 0.3) is 5.91 Å². The molecule has 0 unspecified atom stereocenters. The van der Waals surface area contributed by atoms with Gasteiger partial charge in [-0.25, -0.2) is 0 Å². The lowest BCUT2D eigenvalue weighted by Gasteiger charge is -2.11. The highest BCUT2D eigenvalue weighted by atomic mass is 79.9. The minimum Gasteiger partial charge on any atom is -0.319 e. The molecule has 18 heavy (non-hydrogen) atoms. The summed E-state index contributed by atoms with van der Waals surface area (Å²) in [6, 6.07) is 9.26. The Labute approximate surface area is 114 Å². The van der Waals surface area contributed by atoms with E-state index in [1.54, 1.807) is 24.4 Å². The number of carbonyl (C=O) groups is 1. The highest BCUT2D eigenvalue weighted by Gasteiger charge is 2.11. The van der Waals surface area contributed by atoms with E-state index in [9.17, 15) is 4.79 Å². The number of hydrogen-bond donors (Lipinski definition) is 1. The molecule has 0 bridgehead atoms. The third kappa shape index (κ3) is 2.76. The molecule has 0 aliphatic heterocycles. The molecule has 1 aromatic heterocycles. The normalized spacial score (nSPS) is 10.2. The van der Waals surface area contributed by atoms with Gasteiger partial charge in [-0.1, -0.05) is 12.1 Å². The van der Waals surface area contributed by atoms with Crippen LogP contribution in [0.15, 0.2) is 41.0 Å². The number of anilines is 1. The number of nitrogens with zero attached hydrogens (tertiary/aromatic N) is 1. The van der Waals surface area contributed by atoms with Gasteiger partial charge in [0.15, 0.2) is 0 Å². The molecule has 0 fully saturated rings. The standard InChI is InChI=1S/C14H13BrN2O/c1-9-7-10(2)13(11(15)8-9)17-14(18)12-5-3-4-6-16-12/h3-8H,1-2H3,(H,17,18). The average Bonchev–Trinajstić information content (AvgIpc) is 2.34. The van der Waals surface area contributed by atoms with Crippen LogP contribution in [0.2, 0.25) is 0 Å². The van der Waals surface area contributed by atoms with Gasteiger partial charge in [0, 0.05) is 10.7 Å². The van der Waals surface area contributed by atoms with Gasteiger partial charge in [-0.2, -0.15) is 0 Å². The third-order valence-corrected chi connectivity index (χ3v) is 3.19. The number of rotatable bonds is 2. The average molecular weight is 305 g/mol. The Hall–Kier alpha value is -1.68. The first-order chi connectivity index (χ1) is 8.58. The number of nitrogens with one attached hydrogen (secondary N) is 1. The topological polar surface area (TPSA) is 42.0 Å². The minimum absolute atomic E-state index is 0.205. The molecule has 1 N–H and O–H groups in total. The van der Waals surface area contributed by atoms with E-state index in [4.69, 9.17) is 0 Å². The molecule has 0 spiro atoms. The van der Waals surface area contributed by atoms with Crippen LogP contribution in [0.1, 0.15) is 21.6 Å². The van der Waals surface area contributed by atoms with E-state index >= 15 is 0 Å². The molecule has 4 heteroatoms. The Morgan fingerprint density at radius 1 is 1.28 bits per heavy atom. The van der Waals surface area contributed by atoms with Gasteiger partial charge in [0.05, 0.1) is 5.69 Å². The number of aryl methyl sites for hydroxylation is 2. The Morgan fingerprint density at radius 2 is 2.06 bits per heavy atom. The quantitative estimate of drug-likeness (QED) is 0.919. The van der Waals surface area contributed by atoms with E-state index in [0.29, 0.717) is 5.69 Å². The molecule has 0 aliphatic carbocycles. The molecule has 1 aromatic carbocycles. The van der Waals surface area contributed by atoms with Crippen molar-refractivity contribution in [2.75, 3.05) is 5.32 Å². The summed E-state index contributed by atoms with van der Waals surface area (Å²) in [5.41, 5.74) is 3.36. The van der Waals surface area contributed by atoms with Crippen molar-refractivity contribution in [3.8, 4) is 0 Å². The lowest BCUT2D eigenvalue weighted by Crippen LogP contribution is -2.14. The first kappa shape index (κ1) is 12.8. The Morgan fingerprint density at radius 3 is 2.67 bits per heavy atom. The van der Waals surface area contributed by atoms with Crippen molar-refractivity contribution in [3.05, 3.63) is 57.8 Å². The predicted octanol–water partition coefficient (Wildman–Crippen LogP) is 3.71. The predicted molar refractivity (Wildman–Crippen MR) is 75.8 cm³/mol. The molecular weight excluding hydrogens is 292 g/mol. The van der Waals surface area contributed by atoms with Crippen molar-refractivity contribution >= 4 is 27.5 Å². The van der Waals surface area contributed by atoms with Crippen molar-refractivity contribution in [1.29, 1.82) is 0 Å². The molecule has 92 valence electrons. The van der Waals surface area contributed by atoms with Gasteiger partial charge >= 0.3 is 0 Å². The molecule has 0 saturated carbocycles. The Kier molecular flexibility index (Phi) is 3.77. The summed E-state index contributed by atoms with van der Waals surface area (Å²) >= 11 is 3.46. The van der Waals surface area contributed by atoms with Gasteiger partial charge in [-0.05, 0) is 59.1 Å². The number of aromatic nitrogens is 1. The second kappa shape index (κ2) is 5.31. The maximum absolute atomic E-state index is 12.0. The first-order valence-corrected chi connectivity index (χ1v) is 6.36. The fourth-order valence-corrected chi connectivity index (χ4v) is 2.52. The zero-order valence-corrected chi connectivity index (χ0v) is 11.8. The van der Waals surface area contributed by atoms with E-state index in [1.165, 1.54) is 0 Å². The fraction of sp³-hybridized carbons (Fsp3) is 0.143. The van der Waals surface area contributed by atoms with Crippen molar-refractivity contribution in [3.63, 3.8) is 0 Å². The molecule has 0 radical (unpaired) electrons. The second-order valence-electron chi connectivity index (χ2n) is 4.11. The summed E-state index contributed by atoms with van der Waals surface area (Å²) < 4.78 is 0.879. The number of benzene rings is 1. The van der Waals surface area contributed by atoms with Crippen LogP contribution in [-0.4, -0.2) is 10.9 Å². The van der Waals surface area contributed by atoms with E-state index in [1.807, 2.05) is 26.0 Å². The molecule has 0 atom stereocenters. The molecule has 0 saturated heterocycles. The van der Waals surface area contributed by atoms with Gasteiger partial charge in [-0.15, -0.1) is 0 Å². The molecule has 0 aliphatic rings. The zero-order valence-electron chi connectivity index (χ0n) is 10.2. The minimum atomic E-state index is -0.205. The lowest BCUT2D eigenvalue weighted by atomic mass is 10.1. The van der Waals surface area contributed by atoms with Gasteiger partial charge < -0.3 is 5.32 Å². The summed E-state index contributed by atoms with van der Waals surface area (Å²) in [6.07, 6.45) is 1.60. The van der Waals surface area contributed by atoms with E-state index < -0.39 is 0 Å². The van der Waals surface area contributed by atoms with Crippen molar-refractivity contribution < 1.29 is 4.79 Å². The third-order valence-electron chi connectivity index (χ3n) is 2.57. The Bertz CT molecular complexity index is 559. The van der Waals surface area contributed by atoms with Gasteiger partial charge in [0.1, 0.15) is 5.69 Å². The fourth-order valence-electron chi connectivity index (χ4n) is 1.75. The van der Waals surface area contributed by atoms with Crippen LogP contribution in [0, 0.1) is 13.8 Å². The first-order valence-electron chi connectivity index (χ1n) is 5.57. The number of amides is 1. The summed E-state index contributed by atoms with van der Waals surface area (Å²) in [6.45, 7) is 3.98. The van der Waals surface area contributed by atoms with Gasteiger partial charge in [-0.3, -0.25) is 9.78 Å². The molecule has 2 rings (SSSR count). The summed E-state index contributed by atoms with van der Waals surface area (Å²) in [5.74, 6) is -0.205. The number of hydrogen-bond acceptors (Lipinski definition) is 2. The smallest absolute Gasteiger partial charge is 0.274 e.